The van der Waals surface area contributed by atoms with E-state index in [1.54, 1.807) is 0 Å². The fourth-order valence-corrected chi connectivity index (χ4v) is 2.48. The van der Waals surface area contributed by atoms with Crippen LogP contribution in [-0.2, 0) is 6.54 Å². The lowest BCUT2D eigenvalue weighted by Crippen LogP contribution is -2.37. The second kappa shape index (κ2) is 7.20. The highest BCUT2D eigenvalue weighted by Gasteiger charge is 2.11. The van der Waals surface area contributed by atoms with Crippen LogP contribution in [0.3, 0.4) is 0 Å². The number of nitrogens with zero attached hydrogens (tertiary/aromatic N) is 2. The molecule has 1 heterocycles. The molecule has 4 heteroatoms. The highest BCUT2D eigenvalue weighted by atomic mass is 16.1. The highest BCUT2D eigenvalue weighted by molar-refractivity contribution is 5.74. The predicted molar refractivity (Wildman–Crippen MR) is 83.0 cm³/mol. The average Bonchev–Trinajstić information content (AvgIpc) is 2.47. The van der Waals surface area contributed by atoms with Crippen LogP contribution in [0.25, 0.3) is 11.0 Å². The fraction of sp³-hybridized carbons (Fsp3) is 0.500. The molecule has 0 fully saturated rings. The second-order valence-corrected chi connectivity index (χ2v) is 5.14. The van der Waals surface area contributed by atoms with Crippen molar-refractivity contribution >= 4 is 11.0 Å². The Morgan fingerprint density at radius 1 is 1.25 bits per heavy atom. The third-order valence-corrected chi connectivity index (χ3v) is 3.48. The largest absolute Gasteiger partial charge is 0.312 e. The first-order chi connectivity index (χ1) is 9.76. The molecule has 1 atom stereocenters. The van der Waals surface area contributed by atoms with Crippen molar-refractivity contribution in [3.05, 3.63) is 40.8 Å². The molecule has 20 heavy (non-hydrogen) atoms. The number of hydrogen-bond acceptors (Lipinski definition) is 3. The van der Waals surface area contributed by atoms with Crippen molar-refractivity contribution in [1.82, 2.24) is 14.9 Å². The molecule has 1 N–H and O–H groups in total. The van der Waals surface area contributed by atoms with Crippen molar-refractivity contribution in [1.29, 1.82) is 0 Å². The SMILES string of the molecule is CCCNC(CCC)Cn1c(=O)cnc2ccccc21. The van der Waals surface area contributed by atoms with E-state index >= 15 is 0 Å². The molecular weight excluding hydrogens is 250 g/mol. The van der Waals surface area contributed by atoms with Crippen molar-refractivity contribution in [3.63, 3.8) is 0 Å². The Kier molecular flexibility index (Phi) is 5.30. The van der Waals surface area contributed by atoms with Gasteiger partial charge in [0.25, 0.3) is 5.56 Å². The summed E-state index contributed by atoms with van der Waals surface area (Å²) in [5.74, 6) is 0. The Hall–Kier alpha value is -1.68. The maximum absolute atomic E-state index is 12.1. The van der Waals surface area contributed by atoms with Gasteiger partial charge in [-0.1, -0.05) is 32.4 Å². The number of para-hydroxylation sites is 2. The van der Waals surface area contributed by atoms with Crippen molar-refractivity contribution in [3.8, 4) is 0 Å². The monoisotopic (exact) mass is 273 g/mol. The summed E-state index contributed by atoms with van der Waals surface area (Å²) in [4.78, 5) is 16.3. The average molecular weight is 273 g/mol. The molecule has 1 unspecified atom stereocenters. The summed E-state index contributed by atoms with van der Waals surface area (Å²) in [6.07, 6.45) is 4.71. The quantitative estimate of drug-likeness (QED) is 0.843. The molecule has 0 radical (unpaired) electrons. The van der Waals surface area contributed by atoms with E-state index in [0.29, 0.717) is 12.6 Å². The van der Waals surface area contributed by atoms with Gasteiger partial charge < -0.3 is 9.88 Å². The molecule has 2 rings (SSSR count). The van der Waals surface area contributed by atoms with Crippen LogP contribution in [0.2, 0.25) is 0 Å². The van der Waals surface area contributed by atoms with Gasteiger partial charge in [-0.25, -0.2) is 4.98 Å². The van der Waals surface area contributed by atoms with Gasteiger partial charge >= 0.3 is 0 Å². The molecule has 0 spiro atoms. The summed E-state index contributed by atoms with van der Waals surface area (Å²) in [6, 6.07) is 8.15. The predicted octanol–water partition coefficient (Wildman–Crippen LogP) is 2.56. The minimum absolute atomic E-state index is 0.0249. The summed E-state index contributed by atoms with van der Waals surface area (Å²) < 4.78 is 1.84. The minimum Gasteiger partial charge on any atom is -0.312 e. The van der Waals surface area contributed by atoms with Crippen LogP contribution in [0, 0.1) is 0 Å². The van der Waals surface area contributed by atoms with Crippen LogP contribution >= 0.6 is 0 Å². The Morgan fingerprint density at radius 2 is 2.05 bits per heavy atom. The standard InChI is InChI=1S/C16H23N3O/c1-3-7-13(17-10-4-2)12-19-15-9-6-5-8-14(15)18-11-16(19)20/h5-6,8-9,11,13,17H,3-4,7,10,12H2,1-2H3. The molecule has 1 aromatic heterocycles. The van der Waals surface area contributed by atoms with Crippen LogP contribution in [0.15, 0.2) is 35.3 Å². The van der Waals surface area contributed by atoms with Crippen molar-refractivity contribution in [2.45, 2.75) is 45.7 Å². The number of aromatic nitrogens is 2. The number of benzene rings is 1. The summed E-state index contributed by atoms with van der Waals surface area (Å²) >= 11 is 0. The van der Waals surface area contributed by atoms with Gasteiger partial charge in [-0.05, 0) is 31.5 Å². The third-order valence-electron chi connectivity index (χ3n) is 3.48. The van der Waals surface area contributed by atoms with E-state index in [4.69, 9.17) is 0 Å². The molecule has 108 valence electrons. The third kappa shape index (κ3) is 3.45. The minimum atomic E-state index is -0.0249. The molecule has 0 aliphatic heterocycles. The van der Waals surface area contributed by atoms with Gasteiger partial charge in [-0.2, -0.15) is 0 Å². The Labute approximate surface area is 119 Å². The van der Waals surface area contributed by atoms with Crippen LogP contribution in [0.1, 0.15) is 33.1 Å². The second-order valence-electron chi connectivity index (χ2n) is 5.14. The van der Waals surface area contributed by atoms with Crippen molar-refractivity contribution in [2.75, 3.05) is 6.54 Å². The van der Waals surface area contributed by atoms with Gasteiger partial charge in [0.05, 0.1) is 17.2 Å². The summed E-state index contributed by atoms with van der Waals surface area (Å²) in [5, 5.41) is 3.53. The smallest absolute Gasteiger partial charge is 0.269 e. The van der Waals surface area contributed by atoms with E-state index in [2.05, 4.69) is 24.1 Å². The molecule has 0 amide bonds. The molecular formula is C16H23N3O. The first-order valence-electron chi connectivity index (χ1n) is 7.44. The van der Waals surface area contributed by atoms with E-state index in [9.17, 15) is 4.79 Å². The summed E-state index contributed by atoms with van der Waals surface area (Å²) in [7, 11) is 0. The normalized spacial score (nSPS) is 12.7. The van der Waals surface area contributed by atoms with Crippen LogP contribution in [-0.4, -0.2) is 22.1 Å². The van der Waals surface area contributed by atoms with Gasteiger partial charge in [0.15, 0.2) is 0 Å². The number of fused-ring (bicyclic) bond motifs is 1. The summed E-state index contributed by atoms with van der Waals surface area (Å²) in [6.45, 7) is 6.02. The Balaban J connectivity index is 2.30. The van der Waals surface area contributed by atoms with Crippen LogP contribution in [0.4, 0.5) is 0 Å². The molecule has 2 aromatic rings. The molecule has 0 bridgehead atoms. The first-order valence-corrected chi connectivity index (χ1v) is 7.44. The van der Waals surface area contributed by atoms with E-state index in [1.165, 1.54) is 6.20 Å². The highest BCUT2D eigenvalue weighted by Crippen LogP contribution is 2.10. The van der Waals surface area contributed by atoms with E-state index < -0.39 is 0 Å². The maximum Gasteiger partial charge on any atom is 0.269 e. The molecule has 0 aliphatic carbocycles. The lowest BCUT2D eigenvalue weighted by atomic mass is 10.1. The molecule has 1 aromatic carbocycles. The van der Waals surface area contributed by atoms with Gasteiger partial charge in [0.2, 0.25) is 0 Å². The Morgan fingerprint density at radius 3 is 2.80 bits per heavy atom. The lowest BCUT2D eigenvalue weighted by Gasteiger charge is -2.20. The zero-order valence-electron chi connectivity index (χ0n) is 12.3. The zero-order chi connectivity index (χ0) is 14.4. The van der Waals surface area contributed by atoms with Gasteiger partial charge in [-0.15, -0.1) is 0 Å². The van der Waals surface area contributed by atoms with E-state index in [0.717, 1.165) is 36.8 Å². The first kappa shape index (κ1) is 14.7. The van der Waals surface area contributed by atoms with Gasteiger partial charge in [-0.3, -0.25) is 4.79 Å². The van der Waals surface area contributed by atoms with Gasteiger partial charge in [0, 0.05) is 12.6 Å². The van der Waals surface area contributed by atoms with Crippen molar-refractivity contribution in [2.24, 2.45) is 0 Å². The number of rotatable bonds is 7. The topological polar surface area (TPSA) is 46.9 Å². The number of nitrogens with one attached hydrogen (secondary N) is 1. The van der Waals surface area contributed by atoms with E-state index in [1.807, 2.05) is 28.8 Å². The molecule has 0 aliphatic rings. The van der Waals surface area contributed by atoms with Crippen LogP contribution in [0.5, 0.6) is 0 Å². The molecule has 0 saturated carbocycles. The van der Waals surface area contributed by atoms with Gasteiger partial charge in [0.1, 0.15) is 0 Å². The molecule has 4 nitrogen and oxygen atoms in total. The summed E-state index contributed by atoms with van der Waals surface area (Å²) in [5.41, 5.74) is 1.76. The maximum atomic E-state index is 12.1. The zero-order valence-corrected chi connectivity index (χ0v) is 12.3. The molecule has 0 saturated heterocycles. The van der Waals surface area contributed by atoms with E-state index in [-0.39, 0.29) is 5.56 Å². The fourth-order valence-electron chi connectivity index (χ4n) is 2.48. The van der Waals surface area contributed by atoms with Crippen molar-refractivity contribution < 1.29 is 0 Å². The lowest BCUT2D eigenvalue weighted by molar-refractivity contribution is 0.420. The number of hydrogen-bond donors (Lipinski definition) is 1. The Bertz CT molecular complexity index is 606. The van der Waals surface area contributed by atoms with Crippen LogP contribution < -0.4 is 10.9 Å².